The topological polar surface area (TPSA) is 29.5 Å². The molecule has 5 aromatic rings. The van der Waals surface area contributed by atoms with Crippen LogP contribution in [0.15, 0.2) is 127 Å². The number of benzene rings is 5. The van der Waals surface area contributed by atoms with Crippen LogP contribution < -0.4 is 10.0 Å². The van der Waals surface area contributed by atoms with E-state index >= 15 is 0 Å². The van der Waals surface area contributed by atoms with Crippen molar-refractivity contribution in [1.29, 1.82) is 0 Å². The Hall–Kier alpha value is -3.71. The quantitative estimate of drug-likeness (QED) is 0.146. The monoisotopic (exact) mass is 558 g/mol. The predicted octanol–water partition coefficient (Wildman–Crippen LogP) is 8.78. The van der Waals surface area contributed by atoms with E-state index in [1.165, 1.54) is 33.1 Å². The molecular weight excluding hydrogens is 519 g/mol. The molecule has 0 aromatic heterocycles. The number of hydrogen-bond donors (Lipinski definition) is 1. The molecule has 0 aliphatic heterocycles. The highest BCUT2D eigenvalue weighted by molar-refractivity contribution is 7.47. The SMILES string of the molecule is CCCC(Pc1ccccc1CO)c1cc(Cc2ccccc2)cc(Cc2ccccc2)c1OCc1ccccc1. The Morgan fingerprint density at radius 3 is 1.85 bits per heavy atom. The number of ether oxygens (including phenoxy) is 1. The van der Waals surface area contributed by atoms with Gasteiger partial charge in [0.15, 0.2) is 0 Å². The minimum Gasteiger partial charge on any atom is -0.488 e. The van der Waals surface area contributed by atoms with E-state index in [1.54, 1.807) is 0 Å². The second-order valence-corrected chi connectivity index (χ2v) is 12.1. The zero-order valence-corrected chi connectivity index (χ0v) is 24.8. The van der Waals surface area contributed by atoms with Gasteiger partial charge in [0, 0.05) is 17.6 Å². The largest absolute Gasteiger partial charge is 0.488 e. The van der Waals surface area contributed by atoms with Crippen molar-refractivity contribution in [1.82, 2.24) is 0 Å². The van der Waals surface area contributed by atoms with Crippen LogP contribution in [0.4, 0.5) is 0 Å². The van der Waals surface area contributed by atoms with Crippen LogP contribution in [0.3, 0.4) is 0 Å². The Bertz CT molecular complexity index is 1500. The highest BCUT2D eigenvalue weighted by atomic mass is 31.1. The normalized spacial score (nSPS) is 12.0. The van der Waals surface area contributed by atoms with Gasteiger partial charge in [-0.15, -0.1) is 0 Å². The molecule has 0 amide bonds. The van der Waals surface area contributed by atoms with E-state index in [4.69, 9.17) is 4.74 Å². The average Bonchev–Trinajstić information content (AvgIpc) is 3.02. The van der Waals surface area contributed by atoms with Crippen LogP contribution >= 0.6 is 8.58 Å². The Balaban J connectivity index is 1.62. The van der Waals surface area contributed by atoms with Crippen LogP contribution in [0.25, 0.3) is 0 Å². The van der Waals surface area contributed by atoms with Crippen molar-refractivity contribution >= 4 is 13.9 Å². The Labute approximate surface area is 246 Å². The predicted molar refractivity (Wildman–Crippen MR) is 174 cm³/mol. The fourth-order valence-corrected chi connectivity index (χ4v) is 7.13. The van der Waals surface area contributed by atoms with Crippen LogP contribution in [-0.4, -0.2) is 5.11 Å². The van der Waals surface area contributed by atoms with Crippen LogP contribution in [0.5, 0.6) is 5.75 Å². The van der Waals surface area contributed by atoms with Crippen molar-refractivity contribution in [2.24, 2.45) is 0 Å². The van der Waals surface area contributed by atoms with Gasteiger partial charge in [0.05, 0.1) is 6.61 Å². The van der Waals surface area contributed by atoms with Crippen LogP contribution in [0.1, 0.15) is 64.4 Å². The highest BCUT2D eigenvalue weighted by Crippen LogP contribution is 2.45. The van der Waals surface area contributed by atoms with Gasteiger partial charge in [0.2, 0.25) is 0 Å². The maximum absolute atomic E-state index is 10.1. The second kappa shape index (κ2) is 14.8. The molecule has 0 saturated heterocycles. The molecule has 5 rings (SSSR count). The lowest BCUT2D eigenvalue weighted by atomic mass is 9.93. The van der Waals surface area contributed by atoms with Crippen molar-refractivity contribution in [3.8, 4) is 5.75 Å². The van der Waals surface area contributed by atoms with Gasteiger partial charge in [0.25, 0.3) is 0 Å². The molecule has 208 valence electrons. The van der Waals surface area contributed by atoms with E-state index in [0.717, 1.165) is 42.6 Å². The molecule has 0 saturated carbocycles. The minimum absolute atomic E-state index is 0.0622. The van der Waals surface area contributed by atoms with Gasteiger partial charge in [-0.1, -0.05) is 149 Å². The molecule has 0 heterocycles. The summed E-state index contributed by atoms with van der Waals surface area (Å²) in [6, 6.07) is 45.0. The zero-order chi connectivity index (χ0) is 28.3. The van der Waals surface area contributed by atoms with Gasteiger partial charge < -0.3 is 9.84 Å². The summed E-state index contributed by atoms with van der Waals surface area (Å²) in [5, 5.41) is 11.3. The summed E-state index contributed by atoms with van der Waals surface area (Å²) in [5.74, 6) is 1.02. The third kappa shape index (κ3) is 7.94. The number of aliphatic hydroxyl groups excluding tert-OH is 1. The maximum atomic E-state index is 10.1. The third-order valence-corrected chi connectivity index (χ3v) is 9.19. The molecule has 1 N–H and O–H groups in total. The third-order valence-electron chi connectivity index (χ3n) is 7.44. The molecule has 0 aliphatic rings. The Morgan fingerprint density at radius 2 is 1.22 bits per heavy atom. The van der Waals surface area contributed by atoms with E-state index in [1.807, 2.05) is 18.2 Å². The van der Waals surface area contributed by atoms with Gasteiger partial charge in [-0.2, -0.15) is 0 Å². The van der Waals surface area contributed by atoms with Gasteiger partial charge in [-0.05, 0) is 51.5 Å². The summed E-state index contributed by atoms with van der Waals surface area (Å²) in [7, 11) is 0.541. The fraction of sp³-hybridized carbons (Fsp3) is 0.211. The first-order valence-corrected chi connectivity index (χ1v) is 15.7. The van der Waals surface area contributed by atoms with Crippen molar-refractivity contribution in [3.05, 3.63) is 166 Å². The standard InChI is InChI=1S/C38H39O2P/c1-2-14-37(41-36-22-13-12-21-33(36)27-39)35-26-32(23-29-15-6-3-7-16-29)25-34(24-30-17-8-4-9-18-30)38(35)40-28-31-19-10-5-11-20-31/h3-13,15-22,25-26,37,39,41H,2,14,23-24,27-28H2,1H3. The Morgan fingerprint density at radius 1 is 0.634 bits per heavy atom. The summed E-state index contributed by atoms with van der Waals surface area (Å²) in [4.78, 5) is 0. The molecular formula is C38H39O2P. The summed E-state index contributed by atoms with van der Waals surface area (Å²) < 4.78 is 6.81. The first-order valence-electron chi connectivity index (χ1n) is 14.6. The smallest absolute Gasteiger partial charge is 0.127 e. The molecule has 2 nitrogen and oxygen atoms in total. The van der Waals surface area contributed by atoms with E-state index in [0.29, 0.717) is 20.8 Å². The van der Waals surface area contributed by atoms with Gasteiger partial charge >= 0.3 is 0 Å². The highest BCUT2D eigenvalue weighted by Gasteiger charge is 2.22. The minimum atomic E-state index is 0.0622. The first kappa shape index (κ1) is 28.8. The van der Waals surface area contributed by atoms with Crippen molar-refractivity contribution < 1.29 is 9.84 Å². The molecule has 0 spiro atoms. The number of rotatable bonds is 13. The summed E-state index contributed by atoms with van der Waals surface area (Å²) >= 11 is 0. The van der Waals surface area contributed by atoms with E-state index in [9.17, 15) is 5.11 Å². The van der Waals surface area contributed by atoms with Crippen molar-refractivity contribution in [3.63, 3.8) is 0 Å². The molecule has 0 bridgehead atoms. The van der Waals surface area contributed by atoms with Crippen LogP contribution in [0, 0.1) is 0 Å². The number of aliphatic hydroxyl groups is 1. The number of hydrogen-bond acceptors (Lipinski definition) is 2. The zero-order valence-electron chi connectivity index (χ0n) is 23.8. The Kier molecular flexibility index (Phi) is 10.4. The van der Waals surface area contributed by atoms with Crippen molar-refractivity contribution in [2.45, 2.75) is 51.5 Å². The molecule has 2 unspecified atom stereocenters. The van der Waals surface area contributed by atoms with Gasteiger partial charge in [0.1, 0.15) is 12.4 Å². The lowest BCUT2D eigenvalue weighted by Gasteiger charge is -2.25. The molecule has 3 heteroatoms. The maximum Gasteiger partial charge on any atom is 0.127 e. The molecule has 0 aliphatic carbocycles. The lowest BCUT2D eigenvalue weighted by Crippen LogP contribution is -2.10. The van der Waals surface area contributed by atoms with Gasteiger partial charge in [-0.25, -0.2) is 0 Å². The average molecular weight is 559 g/mol. The lowest BCUT2D eigenvalue weighted by molar-refractivity contribution is 0.283. The molecule has 41 heavy (non-hydrogen) atoms. The van der Waals surface area contributed by atoms with Crippen LogP contribution in [-0.2, 0) is 26.1 Å². The second-order valence-electron chi connectivity index (χ2n) is 10.6. The molecule has 0 fully saturated rings. The summed E-state index contributed by atoms with van der Waals surface area (Å²) in [6.07, 6.45) is 3.83. The van der Waals surface area contributed by atoms with Gasteiger partial charge in [-0.3, -0.25) is 0 Å². The fourth-order valence-electron chi connectivity index (χ4n) is 5.41. The molecule has 5 aromatic carbocycles. The summed E-state index contributed by atoms with van der Waals surface area (Å²) in [6.45, 7) is 2.86. The molecule has 2 atom stereocenters. The van der Waals surface area contributed by atoms with E-state index in [2.05, 4.69) is 116 Å². The van der Waals surface area contributed by atoms with E-state index < -0.39 is 0 Å². The van der Waals surface area contributed by atoms with Crippen LogP contribution in [0.2, 0.25) is 0 Å². The van der Waals surface area contributed by atoms with Crippen molar-refractivity contribution in [2.75, 3.05) is 0 Å². The summed E-state index contributed by atoms with van der Waals surface area (Å²) in [5.41, 5.74) is 8.89. The first-order chi connectivity index (χ1) is 20.2. The molecule has 0 radical (unpaired) electrons. The van der Waals surface area contributed by atoms with E-state index in [-0.39, 0.29) is 6.61 Å².